The Bertz CT molecular complexity index is 276. The van der Waals surface area contributed by atoms with Gasteiger partial charge in [0.05, 0.1) is 0 Å². The zero-order chi connectivity index (χ0) is 9.68. The Hall–Kier alpha value is -0.313. The van der Waals surface area contributed by atoms with Gasteiger partial charge in [0.1, 0.15) is 0 Å². The van der Waals surface area contributed by atoms with Gasteiger partial charge in [0.25, 0.3) is 0 Å². The minimum absolute atomic E-state index is 0.590. The van der Waals surface area contributed by atoms with Crippen LogP contribution in [-0.4, -0.2) is 16.9 Å². The highest BCUT2D eigenvalue weighted by molar-refractivity contribution is 6.30. The maximum atomic E-state index is 5.90. The second-order valence-corrected chi connectivity index (χ2v) is 4.55. The van der Waals surface area contributed by atoms with Crippen molar-refractivity contribution in [1.29, 1.82) is 0 Å². The number of hydrogen-bond donors (Lipinski definition) is 0. The van der Waals surface area contributed by atoms with Crippen LogP contribution in [0.2, 0.25) is 11.1 Å². The third kappa shape index (κ3) is 3.51. The monoisotopic (exact) mass is 212 g/mol. The molecule has 0 N–H and O–H groups in total. The van der Waals surface area contributed by atoms with Crippen LogP contribution in [0.4, 0.5) is 0 Å². The molecule has 0 atom stereocenters. The van der Waals surface area contributed by atoms with Gasteiger partial charge in [-0.25, -0.2) is 0 Å². The molecule has 1 nitrogen and oxygen atoms in total. The number of rotatable bonds is 4. The van der Waals surface area contributed by atoms with E-state index in [9.17, 15) is 0 Å². The van der Waals surface area contributed by atoms with E-state index in [0.717, 1.165) is 17.5 Å². The lowest BCUT2D eigenvalue weighted by atomic mass is 10.1. The largest absolute Gasteiger partial charge is 0.421 e. The minimum atomic E-state index is 0.590. The van der Waals surface area contributed by atoms with Crippen molar-refractivity contribution in [2.24, 2.45) is 0 Å². The van der Waals surface area contributed by atoms with Crippen LogP contribution in [0.5, 0.6) is 0 Å². The van der Waals surface area contributed by atoms with Gasteiger partial charge in [-0.15, -0.1) is 0 Å². The smallest absolute Gasteiger partial charge is 0.229 e. The van der Waals surface area contributed by atoms with Gasteiger partial charge in [-0.05, 0) is 42.6 Å². The molecule has 0 amide bonds. The molecule has 0 spiro atoms. The summed E-state index contributed by atoms with van der Waals surface area (Å²) in [7, 11) is 2.33. The molecule has 0 saturated carbocycles. The lowest BCUT2D eigenvalue weighted by molar-refractivity contribution is 0.440. The first kappa shape index (κ1) is 10.8. The SMILES string of the molecule is CO[Si]CCc1cc(Cl)ccc1C. The molecule has 0 bridgehead atoms. The van der Waals surface area contributed by atoms with Crippen molar-refractivity contribution in [1.82, 2.24) is 0 Å². The van der Waals surface area contributed by atoms with Crippen molar-refractivity contribution in [3.05, 3.63) is 34.3 Å². The predicted octanol–water partition coefficient (Wildman–Crippen LogP) is 2.87. The molecule has 3 heteroatoms. The number of halogens is 1. The van der Waals surface area contributed by atoms with Crippen LogP contribution in [0.15, 0.2) is 18.2 Å². The van der Waals surface area contributed by atoms with Gasteiger partial charge in [0.2, 0.25) is 9.76 Å². The Labute approximate surface area is 87.0 Å². The summed E-state index contributed by atoms with van der Waals surface area (Å²) in [5.74, 6) is 0. The number of benzene rings is 1. The van der Waals surface area contributed by atoms with Crippen molar-refractivity contribution in [3.8, 4) is 0 Å². The molecule has 1 aromatic carbocycles. The standard InChI is InChI=1S/C10H13ClOSi/c1-8-3-4-10(11)7-9(8)5-6-13-12-2/h3-4,7H,5-6H2,1-2H3. The van der Waals surface area contributed by atoms with Crippen molar-refractivity contribution < 1.29 is 4.43 Å². The fraction of sp³-hybridized carbons (Fsp3) is 0.400. The molecule has 2 radical (unpaired) electrons. The maximum absolute atomic E-state index is 5.90. The van der Waals surface area contributed by atoms with E-state index in [1.807, 2.05) is 12.1 Å². The summed E-state index contributed by atoms with van der Waals surface area (Å²) in [5, 5.41) is 0.821. The first-order valence-corrected chi connectivity index (χ1v) is 5.74. The van der Waals surface area contributed by atoms with E-state index in [4.69, 9.17) is 16.0 Å². The average Bonchev–Trinajstić information content (AvgIpc) is 2.11. The summed E-state index contributed by atoms with van der Waals surface area (Å²) in [4.78, 5) is 0. The Morgan fingerprint density at radius 2 is 2.23 bits per heavy atom. The zero-order valence-corrected chi connectivity index (χ0v) is 9.69. The Kier molecular flexibility index (Phi) is 4.49. The zero-order valence-electron chi connectivity index (χ0n) is 7.93. The highest BCUT2D eigenvalue weighted by atomic mass is 35.5. The molecule has 70 valence electrons. The Morgan fingerprint density at radius 3 is 2.92 bits per heavy atom. The minimum Gasteiger partial charge on any atom is -0.421 e. The van der Waals surface area contributed by atoms with E-state index in [0.29, 0.717) is 9.76 Å². The van der Waals surface area contributed by atoms with Crippen LogP contribution in [0.25, 0.3) is 0 Å². The fourth-order valence-electron chi connectivity index (χ4n) is 1.20. The normalized spacial score (nSPS) is 10.4. The van der Waals surface area contributed by atoms with Gasteiger partial charge in [0.15, 0.2) is 0 Å². The Morgan fingerprint density at radius 1 is 1.46 bits per heavy atom. The second kappa shape index (κ2) is 5.42. The van der Waals surface area contributed by atoms with Crippen LogP contribution in [0.1, 0.15) is 11.1 Å². The second-order valence-electron chi connectivity index (χ2n) is 2.92. The topological polar surface area (TPSA) is 9.23 Å². The summed E-state index contributed by atoms with van der Waals surface area (Å²) < 4.78 is 5.03. The van der Waals surface area contributed by atoms with Gasteiger partial charge in [-0.3, -0.25) is 0 Å². The molecule has 0 saturated heterocycles. The lowest BCUT2D eigenvalue weighted by Gasteiger charge is -2.04. The molecule has 0 aliphatic rings. The molecule has 1 rings (SSSR count). The highest BCUT2D eigenvalue weighted by Gasteiger charge is 1.99. The molecule has 0 aliphatic heterocycles. The van der Waals surface area contributed by atoms with Crippen LogP contribution in [-0.2, 0) is 10.8 Å². The quantitative estimate of drug-likeness (QED) is 0.551. The third-order valence-electron chi connectivity index (χ3n) is 1.95. The van der Waals surface area contributed by atoms with E-state index in [1.165, 1.54) is 11.1 Å². The first-order valence-electron chi connectivity index (χ1n) is 4.25. The highest BCUT2D eigenvalue weighted by Crippen LogP contribution is 2.16. The molecular formula is C10H13ClOSi. The predicted molar refractivity (Wildman–Crippen MR) is 57.5 cm³/mol. The summed E-state index contributed by atoms with van der Waals surface area (Å²) in [6.45, 7) is 2.11. The van der Waals surface area contributed by atoms with E-state index in [2.05, 4.69) is 13.0 Å². The fourth-order valence-corrected chi connectivity index (χ4v) is 1.97. The molecule has 0 aromatic heterocycles. The van der Waals surface area contributed by atoms with E-state index in [1.54, 1.807) is 7.11 Å². The van der Waals surface area contributed by atoms with Crippen molar-refractivity contribution in [2.45, 2.75) is 19.4 Å². The van der Waals surface area contributed by atoms with Crippen LogP contribution < -0.4 is 0 Å². The van der Waals surface area contributed by atoms with Gasteiger partial charge in [0, 0.05) is 12.1 Å². The number of aryl methyl sites for hydroxylation is 2. The van der Waals surface area contributed by atoms with Crippen LogP contribution in [0.3, 0.4) is 0 Å². The summed E-state index contributed by atoms with van der Waals surface area (Å²) >= 11 is 5.90. The lowest BCUT2D eigenvalue weighted by Crippen LogP contribution is -1.97. The molecule has 0 unspecified atom stereocenters. The first-order chi connectivity index (χ1) is 6.24. The molecule has 0 fully saturated rings. The van der Waals surface area contributed by atoms with Crippen LogP contribution >= 0.6 is 11.6 Å². The molecular weight excluding hydrogens is 200 g/mol. The van der Waals surface area contributed by atoms with E-state index < -0.39 is 0 Å². The third-order valence-corrected chi connectivity index (χ3v) is 2.93. The molecule has 0 aliphatic carbocycles. The van der Waals surface area contributed by atoms with Gasteiger partial charge in [-0.1, -0.05) is 17.7 Å². The van der Waals surface area contributed by atoms with E-state index >= 15 is 0 Å². The Balaban J connectivity index is 2.59. The summed E-state index contributed by atoms with van der Waals surface area (Å²) in [6, 6.07) is 7.11. The van der Waals surface area contributed by atoms with Gasteiger partial charge in [-0.2, -0.15) is 0 Å². The summed E-state index contributed by atoms with van der Waals surface area (Å²) in [6.07, 6.45) is 1.05. The van der Waals surface area contributed by atoms with Crippen molar-refractivity contribution >= 4 is 21.4 Å². The van der Waals surface area contributed by atoms with Crippen molar-refractivity contribution in [3.63, 3.8) is 0 Å². The molecule has 0 heterocycles. The molecule has 13 heavy (non-hydrogen) atoms. The van der Waals surface area contributed by atoms with Crippen molar-refractivity contribution in [2.75, 3.05) is 7.11 Å². The summed E-state index contributed by atoms with van der Waals surface area (Å²) in [5.41, 5.74) is 2.64. The van der Waals surface area contributed by atoms with Gasteiger partial charge < -0.3 is 4.43 Å². The van der Waals surface area contributed by atoms with Gasteiger partial charge >= 0.3 is 0 Å². The van der Waals surface area contributed by atoms with Crippen LogP contribution in [0, 0.1) is 6.92 Å². The molecule has 1 aromatic rings. The number of hydrogen-bond acceptors (Lipinski definition) is 1. The van der Waals surface area contributed by atoms with E-state index in [-0.39, 0.29) is 0 Å². The maximum Gasteiger partial charge on any atom is 0.229 e. The average molecular weight is 213 g/mol.